The Morgan fingerprint density at radius 3 is 1.68 bits per heavy atom. The average Bonchev–Trinajstić information content (AvgIpc) is 3.81. The van der Waals surface area contributed by atoms with E-state index in [0.717, 1.165) is 62.1 Å². The zero-order valence-corrected chi connectivity index (χ0v) is 37.1. The molecule has 0 aliphatic heterocycles. The van der Waals surface area contributed by atoms with Gasteiger partial charge in [-0.3, -0.25) is 0 Å². The van der Waals surface area contributed by atoms with Gasteiger partial charge < -0.3 is 30.0 Å². The lowest BCUT2D eigenvalue weighted by molar-refractivity contribution is 0.306. The van der Waals surface area contributed by atoms with Crippen molar-refractivity contribution in [1.29, 1.82) is 0 Å². The van der Waals surface area contributed by atoms with Crippen LogP contribution in [0.1, 0.15) is 11.1 Å². The van der Waals surface area contributed by atoms with Crippen molar-refractivity contribution in [1.82, 2.24) is 19.9 Å². The minimum absolute atomic E-state index is 0.406. The van der Waals surface area contributed by atoms with Gasteiger partial charge >= 0.3 is 0 Å². The zero-order chi connectivity index (χ0) is 40.3. The van der Waals surface area contributed by atoms with Crippen LogP contribution < -0.4 is 30.0 Å². The highest BCUT2D eigenvalue weighted by Crippen LogP contribution is 2.36. The van der Waals surface area contributed by atoms with Gasteiger partial charge in [0, 0.05) is 23.5 Å². The Labute approximate surface area is 368 Å². The predicted octanol–water partition coefficient (Wildman–Crippen LogP) is 13.1. The average molecular weight is 990 g/mol. The maximum atomic E-state index is 6.31. The number of fused-ring (bicyclic) bond motifs is 2. The first-order valence-electron chi connectivity index (χ1n) is 16.7. The Morgan fingerprint density at radius 2 is 1.12 bits per heavy atom. The van der Waals surface area contributed by atoms with E-state index in [1.807, 2.05) is 72.8 Å². The standard InChI is InChI=1S/C20H15BrClN3O2S.C14H14ClNO2.C6H2BrClN2S/c1-26-14-5-2-12(3-6-14)10-27-17-8-13(4-7-15(17)22)25-20-19-16(23-11-24-20)9-18(21)28-19;1-17-12-5-2-10(3-6-12)9-18-14-8-11(16)4-7-13(14)15;7-4-1-3-5(11-4)6(8)10-2-9-3/h2-9,11H,10H2,1H3,(H,23,24,25);2-8H,9,16H2,1H3;1-2H. The SMILES string of the molecule is COc1ccc(COc2cc(N)ccc2Cl)cc1.COc1ccc(COc2cc(Nc3ncnc4cc(Br)sc34)ccc2Cl)cc1.Clc1ncnc2cc(Br)sc12. The summed E-state index contributed by atoms with van der Waals surface area (Å²) < 4.78 is 25.7. The van der Waals surface area contributed by atoms with E-state index >= 15 is 0 Å². The topological polar surface area (TPSA) is 127 Å². The van der Waals surface area contributed by atoms with E-state index in [4.69, 9.17) is 59.5 Å². The van der Waals surface area contributed by atoms with Crippen LogP contribution in [-0.4, -0.2) is 34.2 Å². The van der Waals surface area contributed by atoms with Gasteiger partial charge in [-0.2, -0.15) is 0 Å². The minimum atomic E-state index is 0.406. The summed E-state index contributed by atoms with van der Waals surface area (Å²) >= 11 is 28.1. The molecule has 0 aliphatic carbocycles. The molecule has 292 valence electrons. The minimum Gasteiger partial charge on any atom is -0.497 e. The lowest BCUT2D eigenvalue weighted by atomic mass is 10.2. The molecule has 3 N–H and O–H groups in total. The third kappa shape index (κ3) is 11.8. The first kappa shape index (κ1) is 42.2. The molecule has 0 bridgehead atoms. The van der Waals surface area contributed by atoms with Gasteiger partial charge in [-0.05, 0) is 104 Å². The van der Waals surface area contributed by atoms with Crippen molar-refractivity contribution in [3.8, 4) is 23.0 Å². The normalized spacial score (nSPS) is 10.6. The van der Waals surface area contributed by atoms with Crippen LogP contribution in [0, 0.1) is 0 Å². The molecule has 4 aromatic heterocycles. The number of nitrogens with zero attached hydrogens (tertiary/aromatic N) is 4. The number of methoxy groups -OCH3 is 2. The van der Waals surface area contributed by atoms with Gasteiger partial charge in [-0.15, -0.1) is 22.7 Å². The summed E-state index contributed by atoms with van der Waals surface area (Å²) in [5.41, 5.74) is 11.0. The van der Waals surface area contributed by atoms with Gasteiger partial charge in [-0.1, -0.05) is 59.1 Å². The number of rotatable bonds is 10. The van der Waals surface area contributed by atoms with Crippen LogP contribution in [0.5, 0.6) is 23.0 Å². The summed E-state index contributed by atoms with van der Waals surface area (Å²) in [6, 6.07) is 30.0. The van der Waals surface area contributed by atoms with Crippen LogP contribution in [0.2, 0.25) is 15.2 Å². The molecule has 4 heterocycles. The second-order valence-electron chi connectivity index (χ2n) is 11.7. The monoisotopic (exact) mass is 986 g/mol. The second-order valence-corrected chi connectivity index (χ2v) is 17.7. The Balaban J connectivity index is 0.000000161. The van der Waals surface area contributed by atoms with Crippen molar-refractivity contribution in [3.05, 3.63) is 144 Å². The molecule has 0 radical (unpaired) electrons. The molecule has 10 nitrogen and oxygen atoms in total. The molecule has 8 rings (SSSR count). The summed E-state index contributed by atoms with van der Waals surface area (Å²) in [6.45, 7) is 0.843. The molecule has 8 aromatic rings. The quantitative estimate of drug-likeness (QED) is 0.101. The molecular formula is C40H31Br2Cl3N6O4S2. The molecule has 4 aromatic carbocycles. The van der Waals surface area contributed by atoms with Crippen LogP contribution in [0.4, 0.5) is 17.2 Å². The van der Waals surface area contributed by atoms with Crippen molar-refractivity contribution in [2.75, 3.05) is 25.3 Å². The number of thiophene rings is 2. The number of aromatic nitrogens is 4. The summed E-state index contributed by atoms with van der Waals surface area (Å²) in [7, 11) is 3.28. The van der Waals surface area contributed by atoms with Crippen LogP contribution in [0.15, 0.2) is 117 Å². The van der Waals surface area contributed by atoms with E-state index in [1.54, 1.807) is 56.1 Å². The zero-order valence-electron chi connectivity index (χ0n) is 30.0. The Bertz CT molecular complexity index is 2580. The number of hydrogen-bond donors (Lipinski definition) is 2. The van der Waals surface area contributed by atoms with Crippen molar-refractivity contribution in [3.63, 3.8) is 0 Å². The number of nitrogens with one attached hydrogen (secondary N) is 1. The van der Waals surface area contributed by atoms with E-state index in [2.05, 4.69) is 57.1 Å². The molecule has 0 saturated heterocycles. The number of anilines is 3. The van der Waals surface area contributed by atoms with Gasteiger partial charge in [0.1, 0.15) is 54.0 Å². The second kappa shape index (κ2) is 20.3. The van der Waals surface area contributed by atoms with E-state index < -0.39 is 0 Å². The van der Waals surface area contributed by atoms with Crippen LogP contribution >= 0.6 is 89.3 Å². The Morgan fingerprint density at radius 1 is 0.614 bits per heavy atom. The van der Waals surface area contributed by atoms with Crippen LogP contribution in [0.3, 0.4) is 0 Å². The fourth-order valence-corrected chi connectivity index (χ4v) is 8.44. The number of ether oxygens (including phenoxy) is 4. The molecule has 0 spiro atoms. The van der Waals surface area contributed by atoms with Crippen LogP contribution in [-0.2, 0) is 13.2 Å². The third-order valence-electron chi connectivity index (χ3n) is 7.77. The Kier molecular flexibility index (Phi) is 15.1. The molecule has 0 amide bonds. The number of halogens is 5. The lowest BCUT2D eigenvalue weighted by Crippen LogP contribution is -1.98. The van der Waals surface area contributed by atoms with Gasteiger partial charge in [-0.25, -0.2) is 19.9 Å². The van der Waals surface area contributed by atoms with E-state index in [1.165, 1.54) is 17.7 Å². The van der Waals surface area contributed by atoms with Crippen molar-refractivity contribution >= 4 is 127 Å². The number of benzene rings is 4. The smallest absolute Gasteiger partial charge is 0.151 e. The number of hydrogen-bond acceptors (Lipinski definition) is 12. The van der Waals surface area contributed by atoms with Crippen LogP contribution in [0.25, 0.3) is 20.4 Å². The van der Waals surface area contributed by atoms with Crippen molar-refractivity contribution in [2.24, 2.45) is 0 Å². The first-order chi connectivity index (χ1) is 27.6. The molecule has 17 heteroatoms. The molecule has 0 saturated carbocycles. The summed E-state index contributed by atoms with van der Waals surface area (Å²) in [5, 5.41) is 4.94. The summed E-state index contributed by atoms with van der Waals surface area (Å²) in [6.07, 6.45) is 3.00. The molecule has 57 heavy (non-hydrogen) atoms. The van der Waals surface area contributed by atoms with E-state index in [-0.39, 0.29) is 0 Å². The number of nitrogens with two attached hydrogens (primary N) is 1. The Hall–Kier alpha value is -4.41. The fourth-order valence-electron chi connectivity index (χ4n) is 4.94. The maximum Gasteiger partial charge on any atom is 0.151 e. The number of nitrogen functional groups attached to an aromatic ring is 1. The first-order valence-corrected chi connectivity index (χ1v) is 21.0. The molecule has 0 atom stereocenters. The van der Waals surface area contributed by atoms with Crippen molar-refractivity contribution < 1.29 is 18.9 Å². The third-order valence-corrected chi connectivity index (χ3v) is 12.1. The van der Waals surface area contributed by atoms with E-state index in [9.17, 15) is 0 Å². The largest absolute Gasteiger partial charge is 0.497 e. The molecule has 0 aliphatic rings. The molecular weight excluding hydrogens is 959 g/mol. The fraction of sp³-hybridized carbons (Fsp3) is 0.100. The molecule has 0 fully saturated rings. The highest BCUT2D eigenvalue weighted by Gasteiger charge is 2.11. The van der Waals surface area contributed by atoms with Gasteiger partial charge in [0.15, 0.2) is 5.82 Å². The summed E-state index contributed by atoms with van der Waals surface area (Å²) in [5.74, 6) is 3.56. The maximum absolute atomic E-state index is 6.31. The molecule has 0 unspecified atom stereocenters. The van der Waals surface area contributed by atoms with Gasteiger partial charge in [0.25, 0.3) is 0 Å². The highest BCUT2D eigenvalue weighted by molar-refractivity contribution is 9.11. The van der Waals surface area contributed by atoms with Gasteiger partial charge in [0.2, 0.25) is 0 Å². The highest BCUT2D eigenvalue weighted by atomic mass is 79.9. The van der Waals surface area contributed by atoms with Crippen molar-refractivity contribution in [2.45, 2.75) is 13.2 Å². The predicted molar refractivity (Wildman–Crippen MR) is 240 cm³/mol. The lowest BCUT2D eigenvalue weighted by Gasteiger charge is -2.12. The van der Waals surface area contributed by atoms with Gasteiger partial charge in [0.05, 0.1) is 52.3 Å². The summed E-state index contributed by atoms with van der Waals surface area (Å²) in [4.78, 5) is 16.6. The van der Waals surface area contributed by atoms with E-state index in [0.29, 0.717) is 45.6 Å².